The van der Waals surface area contributed by atoms with Crippen molar-refractivity contribution in [2.45, 2.75) is 78.5 Å². The van der Waals surface area contributed by atoms with Gasteiger partial charge in [-0.3, -0.25) is 9.69 Å². The SMILES string of the molecule is CC(C)C1=CC2CC3(C=O)[C@@H]4CC[C@@H](C)[C@H]4CC2(CO[C@@H]2C[C@H](C)N(Cc4ccccc4)C2)C13C(=O)O. The van der Waals surface area contributed by atoms with Crippen LogP contribution < -0.4 is 0 Å². The monoisotopic (exact) mass is 505 g/mol. The van der Waals surface area contributed by atoms with Crippen LogP contribution in [0.5, 0.6) is 0 Å². The average molecular weight is 506 g/mol. The van der Waals surface area contributed by atoms with Gasteiger partial charge >= 0.3 is 5.97 Å². The number of carboxylic acid groups (broad SMARTS) is 1. The van der Waals surface area contributed by atoms with E-state index in [0.717, 1.165) is 50.6 Å². The van der Waals surface area contributed by atoms with Gasteiger partial charge in [-0.2, -0.15) is 0 Å². The topological polar surface area (TPSA) is 66.8 Å². The molecule has 0 radical (unpaired) electrons. The van der Waals surface area contributed by atoms with Crippen LogP contribution in [0.15, 0.2) is 42.0 Å². The number of fused-ring (bicyclic) bond motifs is 2. The molecule has 0 spiro atoms. The molecule has 6 rings (SSSR count). The Morgan fingerprint density at radius 2 is 1.95 bits per heavy atom. The molecule has 4 fully saturated rings. The molecule has 5 heteroatoms. The van der Waals surface area contributed by atoms with Gasteiger partial charge in [0.05, 0.1) is 18.1 Å². The smallest absolute Gasteiger partial charge is 0.315 e. The van der Waals surface area contributed by atoms with Crippen molar-refractivity contribution in [3.05, 3.63) is 47.5 Å². The number of benzene rings is 1. The van der Waals surface area contributed by atoms with Gasteiger partial charge in [-0.05, 0) is 67.8 Å². The number of rotatable bonds is 8. The highest BCUT2D eigenvalue weighted by molar-refractivity contribution is 5.90. The largest absolute Gasteiger partial charge is 0.481 e. The molecule has 1 N–H and O–H groups in total. The molecule has 37 heavy (non-hydrogen) atoms. The Labute approximate surface area is 221 Å². The zero-order chi connectivity index (χ0) is 26.2. The number of allylic oxidation sites excluding steroid dienone is 1. The summed E-state index contributed by atoms with van der Waals surface area (Å²) < 4.78 is 6.80. The van der Waals surface area contributed by atoms with Gasteiger partial charge in [-0.15, -0.1) is 0 Å². The standard InChI is InChI=1S/C32H43NO4/c1-20(2)28-13-24-14-30(18-34)27-11-10-21(3)26(27)15-31(24,32(28,30)29(35)36)19-37-25-12-22(4)33(17-25)16-23-8-6-5-7-9-23/h5-9,13,18,20-22,24-27H,10-12,14-17,19H2,1-4H3,(H,35,36)/t21-,22+,24?,25-,26-,27-,30?,31?,32?/m1/s1. The van der Waals surface area contributed by atoms with Crippen LogP contribution >= 0.6 is 0 Å². The predicted molar refractivity (Wildman–Crippen MR) is 143 cm³/mol. The van der Waals surface area contributed by atoms with E-state index in [4.69, 9.17) is 4.74 Å². The van der Waals surface area contributed by atoms with E-state index in [-0.39, 0.29) is 23.9 Å². The van der Waals surface area contributed by atoms with Crippen molar-refractivity contribution in [1.29, 1.82) is 0 Å². The number of carbonyl (C=O) groups excluding carboxylic acids is 1. The highest BCUT2D eigenvalue weighted by Crippen LogP contribution is 2.82. The summed E-state index contributed by atoms with van der Waals surface area (Å²) in [5.74, 6) is 0.522. The first-order chi connectivity index (χ1) is 17.7. The lowest BCUT2D eigenvalue weighted by Crippen LogP contribution is -2.63. The molecule has 1 aromatic rings. The number of aliphatic carboxylic acids is 1. The van der Waals surface area contributed by atoms with Gasteiger partial charge in [0.2, 0.25) is 0 Å². The highest BCUT2D eigenvalue weighted by atomic mass is 16.5. The number of ether oxygens (including phenoxy) is 1. The molecule has 0 aromatic heterocycles. The zero-order valence-electron chi connectivity index (χ0n) is 22.9. The molecule has 1 heterocycles. The maximum atomic E-state index is 13.6. The van der Waals surface area contributed by atoms with Crippen LogP contribution in [0.2, 0.25) is 0 Å². The van der Waals surface area contributed by atoms with Gasteiger partial charge in [0.25, 0.3) is 0 Å². The van der Waals surface area contributed by atoms with Crippen molar-refractivity contribution in [1.82, 2.24) is 4.90 Å². The number of carbonyl (C=O) groups is 2. The molecular formula is C32H43NO4. The maximum absolute atomic E-state index is 13.6. The second kappa shape index (κ2) is 8.77. The Morgan fingerprint density at radius 1 is 1.19 bits per heavy atom. The second-order valence-electron chi connectivity index (χ2n) is 13.4. The number of hydrogen-bond acceptors (Lipinski definition) is 4. The van der Waals surface area contributed by atoms with Crippen molar-refractivity contribution >= 4 is 12.3 Å². The fourth-order valence-electron chi connectivity index (χ4n) is 10.1. The molecule has 1 aliphatic heterocycles. The van der Waals surface area contributed by atoms with E-state index in [1.165, 1.54) is 5.56 Å². The van der Waals surface area contributed by atoms with Crippen LogP contribution in [0, 0.1) is 45.8 Å². The van der Waals surface area contributed by atoms with Crippen molar-refractivity contribution < 1.29 is 19.4 Å². The molecule has 5 nitrogen and oxygen atoms in total. The third-order valence-corrected chi connectivity index (χ3v) is 11.6. The molecule has 0 amide bonds. The fourth-order valence-corrected chi connectivity index (χ4v) is 10.1. The molecule has 200 valence electrons. The minimum atomic E-state index is -1.14. The summed E-state index contributed by atoms with van der Waals surface area (Å²) in [5.41, 5.74) is -0.176. The summed E-state index contributed by atoms with van der Waals surface area (Å²) in [7, 11) is 0. The van der Waals surface area contributed by atoms with Crippen LogP contribution in [0.4, 0.5) is 0 Å². The lowest BCUT2D eigenvalue weighted by molar-refractivity contribution is -0.188. The van der Waals surface area contributed by atoms with Gasteiger partial charge < -0.3 is 14.6 Å². The first kappa shape index (κ1) is 25.3. The quantitative estimate of drug-likeness (QED) is 0.368. The third-order valence-electron chi connectivity index (χ3n) is 11.6. The minimum absolute atomic E-state index is 0.0887. The summed E-state index contributed by atoms with van der Waals surface area (Å²) in [4.78, 5) is 29.3. The summed E-state index contributed by atoms with van der Waals surface area (Å²) in [6.07, 6.45) is 8.05. The van der Waals surface area contributed by atoms with Crippen molar-refractivity contribution in [2.24, 2.45) is 45.8 Å². The van der Waals surface area contributed by atoms with Crippen molar-refractivity contribution in [3.8, 4) is 0 Å². The summed E-state index contributed by atoms with van der Waals surface area (Å²) in [6.45, 7) is 11.0. The van der Waals surface area contributed by atoms with Crippen molar-refractivity contribution in [3.63, 3.8) is 0 Å². The second-order valence-corrected chi connectivity index (χ2v) is 13.4. The molecule has 1 saturated heterocycles. The highest BCUT2D eigenvalue weighted by Gasteiger charge is 2.84. The molecule has 5 aliphatic rings. The van der Waals surface area contributed by atoms with E-state index in [1.54, 1.807) is 0 Å². The van der Waals surface area contributed by atoms with Crippen LogP contribution in [-0.4, -0.2) is 47.6 Å². The lowest BCUT2D eigenvalue weighted by atomic mass is 9.43. The van der Waals surface area contributed by atoms with E-state index < -0.39 is 22.2 Å². The Bertz CT molecular complexity index is 1100. The minimum Gasteiger partial charge on any atom is -0.481 e. The van der Waals surface area contributed by atoms with Crippen LogP contribution in [0.25, 0.3) is 0 Å². The Kier molecular flexibility index (Phi) is 6.00. The Balaban J connectivity index is 1.32. The van der Waals surface area contributed by atoms with E-state index >= 15 is 0 Å². The molecule has 4 bridgehead atoms. The molecule has 1 aromatic carbocycles. The lowest BCUT2D eigenvalue weighted by Gasteiger charge is -2.58. The van der Waals surface area contributed by atoms with E-state index in [1.807, 2.05) is 0 Å². The van der Waals surface area contributed by atoms with Gasteiger partial charge in [0.1, 0.15) is 11.7 Å². The molecule has 3 saturated carbocycles. The normalized spacial score (nSPS) is 44.3. The molecule has 4 unspecified atom stereocenters. The first-order valence-electron chi connectivity index (χ1n) is 14.5. The van der Waals surface area contributed by atoms with Gasteiger partial charge in [-0.1, -0.05) is 69.2 Å². The van der Waals surface area contributed by atoms with Gasteiger partial charge in [0.15, 0.2) is 0 Å². The zero-order valence-corrected chi connectivity index (χ0v) is 22.9. The summed E-state index contributed by atoms with van der Waals surface area (Å²) in [6, 6.07) is 11.0. The third kappa shape index (κ3) is 3.22. The number of carboxylic acids is 1. The van der Waals surface area contributed by atoms with E-state index in [9.17, 15) is 14.7 Å². The van der Waals surface area contributed by atoms with Gasteiger partial charge in [0, 0.05) is 24.5 Å². The fraction of sp³-hybridized carbons (Fsp3) is 0.688. The predicted octanol–water partition coefficient (Wildman–Crippen LogP) is 5.59. The average Bonchev–Trinajstić information content (AvgIpc) is 3.55. The number of likely N-dealkylation sites (tertiary alicyclic amines) is 1. The maximum Gasteiger partial charge on any atom is 0.315 e. The van der Waals surface area contributed by atoms with E-state index in [0.29, 0.717) is 30.9 Å². The molecular weight excluding hydrogens is 462 g/mol. The van der Waals surface area contributed by atoms with Crippen LogP contribution in [-0.2, 0) is 20.9 Å². The van der Waals surface area contributed by atoms with Gasteiger partial charge in [-0.25, -0.2) is 0 Å². The summed E-state index contributed by atoms with van der Waals surface area (Å²) in [5, 5.41) is 11.1. The number of aldehydes is 1. The Morgan fingerprint density at radius 3 is 2.62 bits per heavy atom. The summed E-state index contributed by atoms with van der Waals surface area (Å²) >= 11 is 0. The van der Waals surface area contributed by atoms with Crippen molar-refractivity contribution in [2.75, 3.05) is 13.2 Å². The number of nitrogens with zero attached hydrogens (tertiary/aromatic N) is 1. The first-order valence-corrected chi connectivity index (χ1v) is 14.5. The molecule has 9 atom stereocenters. The van der Waals surface area contributed by atoms with Crippen LogP contribution in [0.3, 0.4) is 0 Å². The van der Waals surface area contributed by atoms with Crippen LogP contribution in [0.1, 0.15) is 65.4 Å². The number of hydrogen-bond donors (Lipinski definition) is 1. The van der Waals surface area contributed by atoms with E-state index in [2.05, 4.69) is 69.0 Å². The molecule has 4 aliphatic carbocycles. The Hall–Kier alpha value is -1.98.